The molecule has 1 heterocycles. The Morgan fingerprint density at radius 2 is 1.66 bits per heavy atom. The SMILES string of the molecule is O=C(O)C1CCC(n2cc(S(=O)(=O)c3c(Cl)cccc3Cl)c3c2CCCC3)CC1. The van der Waals surface area contributed by atoms with Crippen molar-refractivity contribution in [3.63, 3.8) is 0 Å². The van der Waals surface area contributed by atoms with Crippen LogP contribution in [0.4, 0.5) is 0 Å². The minimum Gasteiger partial charge on any atom is -0.481 e. The Labute approximate surface area is 180 Å². The molecule has 1 aromatic heterocycles. The molecule has 2 aliphatic rings. The Hall–Kier alpha value is -1.50. The van der Waals surface area contributed by atoms with E-state index in [1.54, 1.807) is 12.3 Å². The van der Waals surface area contributed by atoms with Crippen molar-refractivity contribution in [2.75, 3.05) is 0 Å². The molecule has 1 saturated carbocycles. The first-order chi connectivity index (χ1) is 13.8. The van der Waals surface area contributed by atoms with E-state index in [0.29, 0.717) is 24.2 Å². The molecule has 1 aromatic carbocycles. The summed E-state index contributed by atoms with van der Waals surface area (Å²) >= 11 is 12.4. The van der Waals surface area contributed by atoms with Crippen LogP contribution in [0.15, 0.2) is 34.2 Å². The van der Waals surface area contributed by atoms with Crippen molar-refractivity contribution in [1.29, 1.82) is 0 Å². The molecule has 4 rings (SSSR count). The molecular weight excluding hydrogens is 433 g/mol. The van der Waals surface area contributed by atoms with Crippen LogP contribution in [0.1, 0.15) is 55.8 Å². The van der Waals surface area contributed by atoms with Crippen molar-refractivity contribution >= 4 is 39.0 Å². The second kappa shape index (κ2) is 7.97. The van der Waals surface area contributed by atoms with Gasteiger partial charge in [0.05, 0.1) is 20.9 Å². The first-order valence-corrected chi connectivity index (χ1v) is 12.2. The molecular formula is C21H23Cl2NO4S. The van der Waals surface area contributed by atoms with Gasteiger partial charge in [-0.1, -0.05) is 29.3 Å². The fourth-order valence-electron chi connectivity index (χ4n) is 4.73. The van der Waals surface area contributed by atoms with Gasteiger partial charge in [-0.3, -0.25) is 4.79 Å². The molecule has 0 amide bonds. The number of aromatic nitrogens is 1. The van der Waals surface area contributed by atoms with Crippen LogP contribution in [0.5, 0.6) is 0 Å². The van der Waals surface area contributed by atoms with Gasteiger partial charge in [0.2, 0.25) is 9.84 Å². The van der Waals surface area contributed by atoms with Crippen LogP contribution in [-0.4, -0.2) is 24.1 Å². The number of carboxylic acid groups (broad SMARTS) is 1. The maximum absolute atomic E-state index is 13.5. The summed E-state index contributed by atoms with van der Waals surface area (Å²) in [4.78, 5) is 11.5. The predicted octanol–water partition coefficient (Wildman–Crippen LogP) is 5.32. The number of fused-ring (bicyclic) bond motifs is 1. The zero-order chi connectivity index (χ0) is 20.8. The highest BCUT2D eigenvalue weighted by atomic mass is 35.5. The summed E-state index contributed by atoms with van der Waals surface area (Å²) in [6, 6.07) is 4.84. The van der Waals surface area contributed by atoms with Gasteiger partial charge in [0.25, 0.3) is 0 Å². The first kappa shape index (κ1) is 20.8. The van der Waals surface area contributed by atoms with Gasteiger partial charge in [-0.15, -0.1) is 0 Å². The molecule has 8 heteroatoms. The number of rotatable bonds is 4. The number of benzene rings is 1. The van der Waals surface area contributed by atoms with Crippen LogP contribution in [0, 0.1) is 5.92 Å². The summed E-state index contributed by atoms with van der Waals surface area (Å²) in [6.07, 6.45) is 7.97. The van der Waals surface area contributed by atoms with Crippen LogP contribution in [0.3, 0.4) is 0 Å². The van der Waals surface area contributed by atoms with Crippen molar-refractivity contribution < 1.29 is 18.3 Å². The molecule has 5 nitrogen and oxygen atoms in total. The van der Waals surface area contributed by atoms with E-state index in [0.717, 1.165) is 43.4 Å². The van der Waals surface area contributed by atoms with Gasteiger partial charge in [0, 0.05) is 17.9 Å². The minimum atomic E-state index is -3.86. The van der Waals surface area contributed by atoms with E-state index in [1.807, 2.05) is 0 Å². The summed E-state index contributed by atoms with van der Waals surface area (Å²) in [5.74, 6) is -1.04. The Balaban J connectivity index is 1.77. The number of carbonyl (C=O) groups is 1. The fourth-order valence-corrected chi connectivity index (χ4v) is 7.40. The molecule has 1 N–H and O–H groups in total. The highest BCUT2D eigenvalue weighted by Gasteiger charge is 2.34. The lowest BCUT2D eigenvalue weighted by molar-refractivity contribution is -0.143. The molecule has 0 bridgehead atoms. The lowest BCUT2D eigenvalue weighted by Crippen LogP contribution is -2.24. The third kappa shape index (κ3) is 3.71. The number of nitrogens with zero attached hydrogens (tertiary/aromatic N) is 1. The normalized spacial score (nSPS) is 22.3. The van der Waals surface area contributed by atoms with Crippen molar-refractivity contribution in [2.45, 2.75) is 67.2 Å². The summed E-state index contributed by atoms with van der Waals surface area (Å²) in [5.41, 5.74) is 1.93. The molecule has 0 saturated heterocycles. The molecule has 1 fully saturated rings. The minimum absolute atomic E-state index is 0.0385. The highest BCUT2D eigenvalue weighted by molar-refractivity contribution is 7.91. The highest BCUT2D eigenvalue weighted by Crippen LogP contribution is 2.41. The molecule has 0 spiro atoms. The number of hydrogen-bond acceptors (Lipinski definition) is 3. The molecule has 0 unspecified atom stereocenters. The lowest BCUT2D eigenvalue weighted by Gasteiger charge is -2.29. The van der Waals surface area contributed by atoms with Gasteiger partial charge in [0.1, 0.15) is 4.90 Å². The molecule has 2 aliphatic carbocycles. The average Bonchev–Trinajstić information content (AvgIpc) is 3.08. The Morgan fingerprint density at radius 3 is 2.28 bits per heavy atom. The van der Waals surface area contributed by atoms with Gasteiger partial charge in [-0.25, -0.2) is 8.42 Å². The molecule has 29 heavy (non-hydrogen) atoms. The summed E-state index contributed by atoms with van der Waals surface area (Å²) in [6.45, 7) is 0. The number of aliphatic carboxylic acids is 1. The van der Waals surface area contributed by atoms with Crippen LogP contribution in [0.25, 0.3) is 0 Å². The number of hydrogen-bond donors (Lipinski definition) is 1. The fraction of sp³-hybridized carbons (Fsp3) is 0.476. The van der Waals surface area contributed by atoms with Crippen LogP contribution in [-0.2, 0) is 27.5 Å². The second-order valence-corrected chi connectivity index (χ2v) is 10.6. The zero-order valence-corrected chi connectivity index (χ0v) is 18.2. The maximum Gasteiger partial charge on any atom is 0.306 e. The average molecular weight is 456 g/mol. The van der Waals surface area contributed by atoms with Crippen LogP contribution < -0.4 is 0 Å². The number of carboxylic acids is 1. The van der Waals surface area contributed by atoms with E-state index in [2.05, 4.69) is 4.57 Å². The quantitative estimate of drug-likeness (QED) is 0.676. The predicted molar refractivity (Wildman–Crippen MR) is 112 cm³/mol. The topological polar surface area (TPSA) is 76.4 Å². The number of sulfone groups is 1. The van der Waals surface area contributed by atoms with Crippen LogP contribution in [0.2, 0.25) is 10.0 Å². The third-order valence-electron chi connectivity index (χ3n) is 6.22. The van der Waals surface area contributed by atoms with Gasteiger partial charge in [0.15, 0.2) is 0 Å². The van der Waals surface area contributed by atoms with E-state index in [9.17, 15) is 18.3 Å². The standard InChI is InChI=1S/C21H23Cl2NO4S/c22-16-5-3-6-17(23)20(16)29(27,28)19-12-24(18-7-2-1-4-15(18)19)14-10-8-13(9-11-14)21(25)26/h3,5-6,12-14H,1-2,4,7-11H2,(H,25,26). The maximum atomic E-state index is 13.5. The van der Waals surface area contributed by atoms with E-state index in [1.165, 1.54) is 12.1 Å². The van der Waals surface area contributed by atoms with Crippen molar-refractivity contribution in [1.82, 2.24) is 4.57 Å². The van der Waals surface area contributed by atoms with Gasteiger partial charge in [-0.05, 0) is 69.1 Å². The van der Waals surface area contributed by atoms with Gasteiger partial charge >= 0.3 is 5.97 Å². The first-order valence-electron chi connectivity index (χ1n) is 9.95. The van der Waals surface area contributed by atoms with Crippen molar-refractivity contribution in [2.24, 2.45) is 5.92 Å². The largest absolute Gasteiger partial charge is 0.481 e. The summed E-state index contributed by atoms with van der Waals surface area (Å²) in [7, 11) is -3.86. The summed E-state index contributed by atoms with van der Waals surface area (Å²) < 4.78 is 29.2. The number of halogens is 2. The monoisotopic (exact) mass is 455 g/mol. The zero-order valence-electron chi connectivity index (χ0n) is 15.9. The van der Waals surface area contributed by atoms with E-state index >= 15 is 0 Å². The molecule has 0 aliphatic heterocycles. The molecule has 0 atom stereocenters. The Morgan fingerprint density at radius 1 is 1.03 bits per heavy atom. The van der Waals surface area contributed by atoms with Crippen LogP contribution >= 0.6 is 23.2 Å². The van der Waals surface area contributed by atoms with Gasteiger partial charge < -0.3 is 9.67 Å². The Kier molecular flexibility index (Phi) is 5.70. The van der Waals surface area contributed by atoms with E-state index < -0.39 is 15.8 Å². The Bertz CT molecular complexity index is 1030. The van der Waals surface area contributed by atoms with Crippen molar-refractivity contribution in [3.05, 3.63) is 45.7 Å². The van der Waals surface area contributed by atoms with Crippen molar-refractivity contribution in [3.8, 4) is 0 Å². The van der Waals surface area contributed by atoms with Gasteiger partial charge in [-0.2, -0.15) is 0 Å². The van der Waals surface area contributed by atoms with E-state index in [4.69, 9.17) is 23.2 Å². The summed E-state index contributed by atoms with van der Waals surface area (Å²) in [5, 5.41) is 9.51. The lowest BCUT2D eigenvalue weighted by atomic mass is 9.85. The molecule has 2 aromatic rings. The second-order valence-electron chi connectivity index (χ2n) is 7.93. The third-order valence-corrected chi connectivity index (χ3v) is 8.98. The molecule has 0 radical (unpaired) electrons. The molecule has 156 valence electrons. The smallest absolute Gasteiger partial charge is 0.306 e. The van der Waals surface area contributed by atoms with E-state index in [-0.39, 0.29) is 26.9 Å².